The molecule has 0 fully saturated rings. The van der Waals surface area contributed by atoms with E-state index in [2.05, 4.69) is 11.8 Å². The number of carbonyl (C=O) groups is 1. The van der Waals surface area contributed by atoms with Gasteiger partial charge in [-0.15, -0.1) is 0 Å². The Morgan fingerprint density at radius 1 is 1.23 bits per heavy atom. The van der Waals surface area contributed by atoms with Crippen LogP contribution in [-0.4, -0.2) is 5.24 Å². The van der Waals surface area contributed by atoms with Crippen molar-refractivity contribution in [1.29, 1.82) is 5.26 Å². The molecule has 3 heteroatoms. The molecule has 1 aromatic rings. The number of hydrogen-bond donors (Lipinski definition) is 0. The normalized spacial score (nSPS) is 8.00. The number of nitriles is 1. The summed E-state index contributed by atoms with van der Waals surface area (Å²) in [5, 5.41) is 7.79. The summed E-state index contributed by atoms with van der Waals surface area (Å²) in [6.45, 7) is 0. The molecule has 2 nitrogen and oxygen atoms in total. The molecule has 1 rings (SSSR count). The smallest absolute Gasteiger partial charge is 0.266 e. The summed E-state index contributed by atoms with van der Waals surface area (Å²) in [7, 11) is 0. The summed E-state index contributed by atoms with van der Waals surface area (Å²) in [6, 6.07) is 8.55. The Bertz CT molecular complexity index is 417. The number of benzene rings is 1. The molecule has 0 aliphatic carbocycles. The number of halogens is 1. The second-order valence-electron chi connectivity index (χ2n) is 2.21. The molecule has 13 heavy (non-hydrogen) atoms. The molecule has 0 spiro atoms. The van der Waals surface area contributed by atoms with Crippen molar-refractivity contribution in [1.82, 2.24) is 0 Å². The van der Waals surface area contributed by atoms with Crippen molar-refractivity contribution in [2.75, 3.05) is 0 Å². The van der Waals surface area contributed by atoms with Gasteiger partial charge >= 0.3 is 0 Å². The Morgan fingerprint density at radius 3 is 2.23 bits per heavy atom. The highest BCUT2D eigenvalue weighted by molar-refractivity contribution is 6.68. The molecule has 0 unspecified atom stereocenters. The van der Waals surface area contributed by atoms with Crippen molar-refractivity contribution < 1.29 is 4.79 Å². The third kappa shape index (κ3) is 2.99. The van der Waals surface area contributed by atoms with Crippen molar-refractivity contribution in [3.63, 3.8) is 0 Å². The van der Waals surface area contributed by atoms with Gasteiger partial charge in [0.2, 0.25) is 0 Å². The van der Waals surface area contributed by atoms with E-state index in [0.717, 1.165) is 0 Å². The largest absolute Gasteiger partial charge is 0.296 e. The Morgan fingerprint density at radius 2 is 1.77 bits per heavy atom. The lowest BCUT2D eigenvalue weighted by atomic mass is 10.1. The Kier molecular flexibility index (Phi) is 3.09. The van der Waals surface area contributed by atoms with Gasteiger partial charge in [0.25, 0.3) is 5.24 Å². The van der Waals surface area contributed by atoms with E-state index in [0.29, 0.717) is 11.1 Å². The molecule has 0 atom stereocenters. The van der Waals surface area contributed by atoms with Gasteiger partial charge in [-0.05, 0) is 41.8 Å². The third-order valence-electron chi connectivity index (χ3n) is 1.32. The molecule has 1 aromatic carbocycles. The maximum absolute atomic E-state index is 10.3. The summed E-state index contributed by atoms with van der Waals surface area (Å²) in [5.74, 6) is 4.75. The fraction of sp³-hybridized carbons (Fsp3) is 0. The first kappa shape index (κ1) is 9.32. The van der Waals surface area contributed by atoms with Crippen LogP contribution in [0.2, 0.25) is 0 Å². The molecular weight excluding hydrogens is 186 g/mol. The number of nitrogens with zero attached hydrogens (tertiary/aromatic N) is 1. The number of rotatable bonds is 0. The first-order valence-corrected chi connectivity index (χ1v) is 3.82. The molecule has 0 aromatic heterocycles. The van der Waals surface area contributed by atoms with Crippen molar-refractivity contribution in [2.24, 2.45) is 0 Å². The molecule has 0 saturated heterocycles. The maximum Gasteiger partial charge on any atom is 0.296 e. The van der Waals surface area contributed by atoms with Gasteiger partial charge in [0.15, 0.2) is 0 Å². The SMILES string of the molecule is N#Cc1ccc(C#CC(=O)Cl)cc1. The number of carbonyl (C=O) groups excluding carboxylic acids is 1. The molecular formula is C10H4ClNO. The molecule has 0 aliphatic rings. The van der Waals surface area contributed by atoms with Crippen molar-refractivity contribution in [2.45, 2.75) is 0 Å². The molecule has 0 N–H and O–H groups in total. The fourth-order valence-electron chi connectivity index (χ4n) is 0.749. The quantitative estimate of drug-likeness (QED) is 0.460. The molecule has 0 amide bonds. The van der Waals surface area contributed by atoms with E-state index in [1.54, 1.807) is 24.3 Å². The van der Waals surface area contributed by atoms with Gasteiger partial charge in [-0.2, -0.15) is 5.26 Å². The minimum absolute atomic E-state index is 0.558. The first-order valence-electron chi connectivity index (χ1n) is 3.44. The minimum atomic E-state index is -0.690. The van der Waals surface area contributed by atoms with Gasteiger partial charge in [-0.3, -0.25) is 4.79 Å². The molecule has 0 aliphatic heterocycles. The van der Waals surface area contributed by atoms with Crippen LogP contribution in [0.25, 0.3) is 0 Å². The van der Waals surface area contributed by atoms with E-state index in [9.17, 15) is 4.79 Å². The summed E-state index contributed by atoms with van der Waals surface area (Å²) in [4.78, 5) is 10.3. The lowest BCUT2D eigenvalue weighted by Crippen LogP contribution is -1.79. The molecule has 0 bridgehead atoms. The maximum atomic E-state index is 10.3. The van der Waals surface area contributed by atoms with Crippen molar-refractivity contribution in [3.05, 3.63) is 35.4 Å². The van der Waals surface area contributed by atoms with E-state index < -0.39 is 5.24 Å². The van der Waals surface area contributed by atoms with E-state index in [1.807, 2.05) is 6.07 Å². The lowest BCUT2D eigenvalue weighted by Gasteiger charge is -1.88. The average Bonchev–Trinajstić information content (AvgIpc) is 2.15. The molecule has 0 saturated carbocycles. The van der Waals surface area contributed by atoms with E-state index in [-0.39, 0.29) is 0 Å². The second kappa shape index (κ2) is 4.30. The van der Waals surface area contributed by atoms with Crippen LogP contribution in [0.5, 0.6) is 0 Å². The lowest BCUT2D eigenvalue weighted by molar-refractivity contribution is -0.107. The summed E-state index contributed by atoms with van der Waals surface area (Å²) < 4.78 is 0. The van der Waals surface area contributed by atoms with E-state index in [1.165, 1.54) is 0 Å². The molecule has 0 radical (unpaired) electrons. The van der Waals surface area contributed by atoms with Crippen LogP contribution in [0.15, 0.2) is 24.3 Å². The van der Waals surface area contributed by atoms with Gasteiger partial charge in [-0.25, -0.2) is 0 Å². The first-order chi connectivity index (χ1) is 6.22. The van der Waals surface area contributed by atoms with Crippen molar-refractivity contribution >= 4 is 16.8 Å². The molecule has 0 heterocycles. The molecule has 62 valence electrons. The van der Waals surface area contributed by atoms with Gasteiger partial charge in [0.05, 0.1) is 11.6 Å². The summed E-state index contributed by atoms with van der Waals surface area (Å²) in [5.41, 5.74) is 1.22. The van der Waals surface area contributed by atoms with Gasteiger partial charge in [0, 0.05) is 5.56 Å². The van der Waals surface area contributed by atoms with Gasteiger partial charge in [-0.1, -0.05) is 5.92 Å². The highest BCUT2D eigenvalue weighted by Gasteiger charge is 1.89. The zero-order valence-electron chi connectivity index (χ0n) is 6.54. The number of hydrogen-bond acceptors (Lipinski definition) is 2. The second-order valence-corrected chi connectivity index (χ2v) is 2.56. The minimum Gasteiger partial charge on any atom is -0.266 e. The zero-order chi connectivity index (χ0) is 9.68. The van der Waals surface area contributed by atoms with Crippen LogP contribution in [0.4, 0.5) is 0 Å². The van der Waals surface area contributed by atoms with Gasteiger partial charge in [0.1, 0.15) is 0 Å². The Hall–Kier alpha value is -1.77. The summed E-state index contributed by atoms with van der Waals surface area (Å²) in [6.07, 6.45) is 0. The topological polar surface area (TPSA) is 40.9 Å². The van der Waals surface area contributed by atoms with Crippen LogP contribution in [-0.2, 0) is 4.79 Å². The van der Waals surface area contributed by atoms with Crippen LogP contribution in [0.3, 0.4) is 0 Å². The predicted molar refractivity (Wildman–Crippen MR) is 48.9 cm³/mol. The average molecular weight is 190 g/mol. The van der Waals surface area contributed by atoms with Crippen LogP contribution in [0, 0.1) is 23.2 Å². The monoisotopic (exact) mass is 189 g/mol. The highest BCUT2D eigenvalue weighted by Crippen LogP contribution is 2.01. The Labute approximate surface area is 80.7 Å². The van der Waals surface area contributed by atoms with Crippen LogP contribution < -0.4 is 0 Å². The van der Waals surface area contributed by atoms with E-state index in [4.69, 9.17) is 16.9 Å². The third-order valence-corrected chi connectivity index (χ3v) is 1.41. The van der Waals surface area contributed by atoms with Gasteiger partial charge < -0.3 is 0 Å². The van der Waals surface area contributed by atoms with Crippen LogP contribution in [0.1, 0.15) is 11.1 Å². The van der Waals surface area contributed by atoms with E-state index >= 15 is 0 Å². The van der Waals surface area contributed by atoms with Crippen LogP contribution >= 0.6 is 11.6 Å². The highest BCUT2D eigenvalue weighted by atomic mass is 35.5. The standard InChI is InChI=1S/C10H4ClNO/c11-10(13)6-5-8-1-3-9(7-12)4-2-8/h1-4H. The predicted octanol–water partition coefficient (Wildman–Crippen LogP) is 1.68. The zero-order valence-corrected chi connectivity index (χ0v) is 7.30. The fourth-order valence-corrected chi connectivity index (χ4v) is 0.797. The Balaban J connectivity index is 2.90. The van der Waals surface area contributed by atoms with Crippen molar-refractivity contribution in [3.8, 4) is 17.9 Å². The summed E-state index contributed by atoms with van der Waals surface area (Å²) >= 11 is 5.02.